The van der Waals surface area contributed by atoms with E-state index in [0.29, 0.717) is 49.7 Å². The number of benzene rings is 1. The van der Waals surface area contributed by atoms with Crippen molar-refractivity contribution in [3.05, 3.63) is 30.2 Å². The molecule has 4 rings (SSSR count). The van der Waals surface area contributed by atoms with Crippen molar-refractivity contribution in [2.75, 3.05) is 26.3 Å². The molecule has 1 saturated heterocycles. The predicted octanol–water partition coefficient (Wildman–Crippen LogP) is 3.71. The highest BCUT2D eigenvalue weighted by molar-refractivity contribution is 5.99. The number of nitrogens with one attached hydrogen (secondary N) is 1. The van der Waals surface area contributed by atoms with E-state index < -0.39 is 24.0 Å². The number of hydrogen-bond donors (Lipinski definition) is 1. The summed E-state index contributed by atoms with van der Waals surface area (Å²) in [6, 6.07) is 6.14. The molecule has 34 heavy (non-hydrogen) atoms. The Balaban J connectivity index is 1.36. The average Bonchev–Trinajstić information content (AvgIpc) is 3.31. The fraction of sp³-hybridized carbons (Fsp3) is 0.600. The third kappa shape index (κ3) is 6.14. The summed E-state index contributed by atoms with van der Waals surface area (Å²) >= 11 is 0. The van der Waals surface area contributed by atoms with E-state index in [2.05, 4.69) is 10.3 Å². The molecule has 9 nitrogen and oxygen atoms in total. The van der Waals surface area contributed by atoms with Crippen LogP contribution in [0.15, 0.2) is 28.7 Å². The second kappa shape index (κ2) is 11.5. The van der Waals surface area contributed by atoms with Crippen LogP contribution in [0.25, 0.3) is 11.1 Å². The number of alkyl carbamates (subject to hydrolysis) is 1. The van der Waals surface area contributed by atoms with Crippen LogP contribution in [-0.4, -0.2) is 66.1 Å². The minimum Gasteiger partial charge on any atom is -0.436 e. The number of ether oxygens (including phenoxy) is 2. The van der Waals surface area contributed by atoms with Crippen LogP contribution in [0.5, 0.6) is 0 Å². The van der Waals surface area contributed by atoms with Gasteiger partial charge in [0.2, 0.25) is 5.78 Å². The van der Waals surface area contributed by atoms with Crippen molar-refractivity contribution < 1.29 is 28.3 Å². The smallest absolute Gasteiger partial charge is 0.408 e. The Labute approximate surface area is 199 Å². The SMILES string of the molecule is C[C@H](NC(=O)O[C@@H](CCC1CCCCC1)C(=O)N1CCOCC1)C(=O)c1nc2ccccc2o1. The lowest BCUT2D eigenvalue weighted by Crippen LogP contribution is -2.49. The van der Waals surface area contributed by atoms with Gasteiger partial charge in [0.1, 0.15) is 5.52 Å². The van der Waals surface area contributed by atoms with Crippen LogP contribution in [0, 0.1) is 5.92 Å². The number of oxazole rings is 1. The normalized spacial score (nSPS) is 18.9. The van der Waals surface area contributed by atoms with Gasteiger partial charge in [0.05, 0.1) is 19.3 Å². The Morgan fingerprint density at radius 1 is 1.15 bits per heavy atom. The zero-order valence-electron chi connectivity index (χ0n) is 19.7. The molecule has 0 radical (unpaired) electrons. The molecule has 2 aliphatic rings. The van der Waals surface area contributed by atoms with Gasteiger partial charge in [0.15, 0.2) is 11.7 Å². The van der Waals surface area contributed by atoms with Crippen LogP contribution in [0.3, 0.4) is 0 Å². The lowest BCUT2D eigenvalue weighted by atomic mass is 9.85. The van der Waals surface area contributed by atoms with Gasteiger partial charge in [-0.3, -0.25) is 9.59 Å². The molecule has 184 valence electrons. The van der Waals surface area contributed by atoms with Crippen molar-refractivity contribution in [2.45, 2.75) is 64.0 Å². The van der Waals surface area contributed by atoms with Crippen molar-refractivity contribution in [3.63, 3.8) is 0 Å². The number of fused-ring (bicyclic) bond motifs is 1. The molecule has 2 atom stereocenters. The summed E-state index contributed by atoms with van der Waals surface area (Å²) in [4.78, 5) is 44.4. The summed E-state index contributed by atoms with van der Waals surface area (Å²) < 4.78 is 16.4. The molecule has 1 aromatic heterocycles. The zero-order valence-corrected chi connectivity index (χ0v) is 19.7. The molecule has 0 bridgehead atoms. The van der Waals surface area contributed by atoms with Crippen LogP contribution >= 0.6 is 0 Å². The lowest BCUT2D eigenvalue weighted by molar-refractivity contribution is -0.145. The largest absolute Gasteiger partial charge is 0.436 e. The topological polar surface area (TPSA) is 111 Å². The van der Waals surface area contributed by atoms with E-state index in [1.54, 1.807) is 36.1 Å². The molecule has 1 aromatic carbocycles. The summed E-state index contributed by atoms with van der Waals surface area (Å²) in [7, 11) is 0. The number of aromatic nitrogens is 1. The Bertz CT molecular complexity index is 960. The zero-order chi connectivity index (χ0) is 23.9. The molecule has 2 amide bonds. The van der Waals surface area contributed by atoms with E-state index in [1.165, 1.54) is 19.3 Å². The number of para-hydroxylation sites is 2. The van der Waals surface area contributed by atoms with Crippen molar-refractivity contribution in [3.8, 4) is 0 Å². The molecule has 1 aliphatic carbocycles. The number of ketones is 1. The van der Waals surface area contributed by atoms with Gasteiger partial charge in [-0.15, -0.1) is 0 Å². The Kier molecular flexibility index (Phi) is 8.16. The molecule has 1 N–H and O–H groups in total. The van der Waals surface area contributed by atoms with Gasteiger partial charge >= 0.3 is 6.09 Å². The van der Waals surface area contributed by atoms with E-state index in [0.717, 1.165) is 19.3 Å². The number of morpholine rings is 1. The van der Waals surface area contributed by atoms with Gasteiger partial charge < -0.3 is 24.1 Å². The average molecular weight is 472 g/mol. The number of hydrogen-bond acceptors (Lipinski definition) is 7. The molecule has 1 aliphatic heterocycles. The Morgan fingerprint density at radius 3 is 2.62 bits per heavy atom. The quantitative estimate of drug-likeness (QED) is 0.584. The van der Waals surface area contributed by atoms with E-state index in [-0.39, 0.29) is 11.8 Å². The highest BCUT2D eigenvalue weighted by atomic mass is 16.6. The molecule has 0 unspecified atom stereocenters. The molecule has 2 heterocycles. The van der Waals surface area contributed by atoms with E-state index in [4.69, 9.17) is 13.9 Å². The summed E-state index contributed by atoms with van der Waals surface area (Å²) in [5.74, 6) is -0.189. The van der Waals surface area contributed by atoms with Gasteiger partial charge in [0.25, 0.3) is 11.8 Å². The van der Waals surface area contributed by atoms with Gasteiger partial charge in [0, 0.05) is 13.1 Å². The second-order valence-corrected chi connectivity index (χ2v) is 9.13. The third-order valence-electron chi connectivity index (χ3n) is 6.64. The fourth-order valence-electron chi connectivity index (χ4n) is 4.65. The maximum atomic E-state index is 13.1. The van der Waals surface area contributed by atoms with Crippen LogP contribution in [0.2, 0.25) is 0 Å². The second-order valence-electron chi connectivity index (χ2n) is 9.13. The number of nitrogens with zero attached hydrogens (tertiary/aromatic N) is 2. The number of rotatable bonds is 8. The van der Waals surface area contributed by atoms with Crippen LogP contribution in [-0.2, 0) is 14.3 Å². The first-order chi connectivity index (χ1) is 16.5. The summed E-state index contributed by atoms with van der Waals surface area (Å²) in [6.45, 7) is 3.46. The number of carbonyl (C=O) groups is 3. The highest BCUT2D eigenvalue weighted by Crippen LogP contribution is 2.28. The Morgan fingerprint density at radius 2 is 1.88 bits per heavy atom. The van der Waals surface area contributed by atoms with Gasteiger partial charge in [-0.05, 0) is 37.8 Å². The lowest BCUT2D eigenvalue weighted by Gasteiger charge is -2.31. The summed E-state index contributed by atoms with van der Waals surface area (Å²) in [5, 5.41) is 2.54. The maximum Gasteiger partial charge on any atom is 0.408 e. The van der Waals surface area contributed by atoms with E-state index in [9.17, 15) is 14.4 Å². The van der Waals surface area contributed by atoms with Gasteiger partial charge in [-0.25, -0.2) is 9.78 Å². The maximum absolute atomic E-state index is 13.1. The first-order valence-electron chi connectivity index (χ1n) is 12.2. The molecule has 1 saturated carbocycles. The first-order valence-corrected chi connectivity index (χ1v) is 12.2. The standard InChI is InChI=1S/C25H33N3O6/c1-17(22(29)23-27-19-9-5-6-10-20(19)33-23)26-25(31)34-21(12-11-18-7-3-2-4-8-18)24(30)28-13-15-32-16-14-28/h5-6,9-10,17-18,21H,2-4,7-8,11-16H2,1H3,(H,26,31)/t17-,21-/m0/s1. The van der Waals surface area contributed by atoms with Crippen LogP contribution in [0.4, 0.5) is 4.79 Å². The molecule has 0 spiro atoms. The van der Waals surface area contributed by atoms with Crippen molar-refractivity contribution in [1.82, 2.24) is 15.2 Å². The molecular formula is C25H33N3O6. The summed E-state index contributed by atoms with van der Waals surface area (Å²) in [6.07, 6.45) is 5.62. The predicted molar refractivity (Wildman–Crippen MR) is 124 cm³/mol. The molecular weight excluding hydrogens is 438 g/mol. The third-order valence-corrected chi connectivity index (χ3v) is 6.64. The number of amides is 2. The van der Waals surface area contributed by atoms with Crippen LogP contribution in [0.1, 0.15) is 62.6 Å². The monoisotopic (exact) mass is 471 g/mol. The fourth-order valence-corrected chi connectivity index (χ4v) is 4.65. The van der Waals surface area contributed by atoms with Gasteiger partial charge in [-0.1, -0.05) is 44.2 Å². The van der Waals surface area contributed by atoms with E-state index in [1.807, 2.05) is 0 Å². The van der Waals surface area contributed by atoms with Crippen molar-refractivity contribution in [2.24, 2.45) is 5.92 Å². The van der Waals surface area contributed by atoms with Gasteiger partial charge in [-0.2, -0.15) is 0 Å². The minimum absolute atomic E-state index is 0.0766. The molecule has 9 heteroatoms. The molecule has 2 aromatic rings. The van der Waals surface area contributed by atoms with Crippen LogP contribution < -0.4 is 5.32 Å². The Hall–Kier alpha value is -2.94. The number of Topliss-reactive ketones (excluding diaryl/α,β-unsaturated/α-hetero) is 1. The molecule has 2 fully saturated rings. The number of carbonyl (C=O) groups excluding carboxylic acids is 3. The van der Waals surface area contributed by atoms with Crippen molar-refractivity contribution >= 4 is 28.9 Å². The minimum atomic E-state index is -0.918. The highest BCUT2D eigenvalue weighted by Gasteiger charge is 2.31. The van der Waals surface area contributed by atoms with Crippen molar-refractivity contribution in [1.29, 1.82) is 0 Å². The van der Waals surface area contributed by atoms with E-state index >= 15 is 0 Å². The first kappa shape index (κ1) is 24.2. The summed E-state index contributed by atoms with van der Waals surface area (Å²) in [5.41, 5.74) is 1.07.